The van der Waals surface area contributed by atoms with Gasteiger partial charge in [0.05, 0.1) is 11.4 Å². The summed E-state index contributed by atoms with van der Waals surface area (Å²) in [6, 6.07) is 15.3. The summed E-state index contributed by atoms with van der Waals surface area (Å²) in [6.45, 7) is 8.11. The van der Waals surface area contributed by atoms with E-state index in [0.29, 0.717) is 54.9 Å². The van der Waals surface area contributed by atoms with Gasteiger partial charge in [0, 0.05) is 31.0 Å². The minimum Gasteiger partial charge on any atom is -0.486 e. The Balaban J connectivity index is 1.40. The molecule has 0 atom stereocenters. The van der Waals surface area contributed by atoms with Crippen LogP contribution in [0.3, 0.4) is 0 Å². The van der Waals surface area contributed by atoms with Crippen molar-refractivity contribution < 1.29 is 28.6 Å². The van der Waals surface area contributed by atoms with Gasteiger partial charge < -0.3 is 34.6 Å². The first-order valence-corrected chi connectivity index (χ1v) is 15.4. The maximum Gasteiger partial charge on any atom is 0.412 e. The molecule has 4 amide bonds. The zero-order valence-electron chi connectivity index (χ0n) is 27.2. The maximum atomic E-state index is 13.4. The Labute approximate surface area is 270 Å². The Morgan fingerprint density at radius 2 is 1.54 bits per heavy atom. The minimum atomic E-state index is -0.665. The fraction of sp³-hybridized carbons (Fsp3) is 0.412. The third-order valence-corrected chi connectivity index (χ3v) is 6.86. The predicted molar refractivity (Wildman–Crippen MR) is 178 cm³/mol. The van der Waals surface area contributed by atoms with E-state index in [9.17, 15) is 14.4 Å². The quantitative estimate of drug-likeness (QED) is 0.201. The number of nitrogens with one attached hydrogen (secondary N) is 3. The number of amides is 4. The van der Waals surface area contributed by atoms with Gasteiger partial charge in [-0.3, -0.25) is 15.1 Å². The summed E-state index contributed by atoms with van der Waals surface area (Å²) in [4.78, 5) is 47.0. The minimum absolute atomic E-state index is 0.187. The lowest BCUT2D eigenvalue weighted by molar-refractivity contribution is 0.0635. The maximum absolute atomic E-state index is 13.4. The molecule has 3 N–H and O–H groups in total. The average molecular weight is 633 g/mol. The third kappa shape index (κ3) is 10.7. The van der Waals surface area contributed by atoms with Gasteiger partial charge in [-0.15, -0.1) is 0 Å². The molecule has 12 nitrogen and oxygen atoms in total. The number of pyridine rings is 1. The predicted octanol–water partition coefficient (Wildman–Crippen LogP) is 6.22. The second kappa shape index (κ2) is 15.9. The SMILES string of the molecule is CN(C)CCCCCN(Cc1ccc(C(=O)Nc2ccccc2NC(=O)OC(C)(C)C)nc1)C(=O)Nc1ccc2c(c1)OCCO2. The molecular formula is C34H44N6O6. The Hall–Kier alpha value is -4.84. The second-order valence-electron chi connectivity index (χ2n) is 12.3. The monoisotopic (exact) mass is 632 g/mol. The van der Waals surface area contributed by atoms with Crippen molar-refractivity contribution in [3.8, 4) is 11.5 Å². The van der Waals surface area contributed by atoms with Crippen molar-refractivity contribution in [3.63, 3.8) is 0 Å². The molecule has 12 heteroatoms. The van der Waals surface area contributed by atoms with Gasteiger partial charge in [-0.2, -0.15) is 0 Å². The number of para-hydroxylation sites is 2. The normalized spacial score (nSPS) is 12.3. The van der Waals surface area contributed by atoms with Crippen LogP contribution in [0.25, 0.3) is 0 Å². The van der Waals surface area contributed by atoms with Gasteiger partial charge in [-0.1, -0.05) is 24.6 Å². The largest absolute Gasteiger partial charge is 0.486 e. The van der Waals surface area contributed by atoms with Gasteiger partial charge in [-0.25, -0.2) is 9.59 Å². The zero-order chi connectivity index (χ0) is 33.1. The Kier molecular flexibility index (Phi) is 11.8. The first-order valence-electron chi connectivity index (χ1n) is 15.4. The van der Waals surface area contributed by atoms with Crippen LogP contribution in [-0.2, 0) is 11.3 Å². The summed E-state index contributed by atoms with van der Waals surface area (Å²) >= 11 is 0. The van der Waals surface area contributed by atoms with Crippen LogP contribution in [0.2, 0.25) is 0 Å². The molecule has 0 bridgehead atoms. The van der Waals surface area contributed by atoms with Crippen molar-refractivity contribution in [1.82, 2.24) is 14.8 Å². The third-order valence-electron chi connectivity index (χ3n) is 6.86. The molecule has 246 valence electrons. The highest BCUT2D eigenvalue weighted by molar-refractivity contribution is 6.05. The molecule has 0 saturated heterocycles. The Bertz CT molecular complexity index is 1490. The lowest BCUT2D eigenvalue weighted by Gasteiger charge is -2.24. The van der Waals surface area contributed by atoms with Crippen LogP contribution in [0.1, 0.15) is 56.1 Å². The molecule has 4 rings (SSSR count). The molecular weight excluding hydrogens is 588 g/mol. The molecule has 1 aromatic heterocycles. The summed E-state index contributed by atoms with van der Waals surface area (Å²) in [5, 5.41) is 8.45. The van der Waals surface area contributed by atoms with Gasteiger partial charge >= 0.3 is 12.1 Å². The number of nitrogens with zero attached hydrogens (tertiary/aromatic N) is 3. The van der Waals surface area contributed by atoms with Crippen LogP contribution in [0.5, 0.6) is 11.5 Å². The van der Waals surface area contributed by atoms with E-state index in [1.165, 1.54) is 0 Å². The number of anilines is 3. The number of carbonyl (C=O) groups is 3. The highest BCUT2D eigenvalue weighted by Gasteiger charge is 2.20. The van der Waals surface area contributed by atoms with Crippen LogP contribution in [0, 0.1) is 0 Å². The van der Waals surface area contributed by atoms with Crippen molar-refractivity contribution in [2.45, 2.75) is 52.2 Å². The number of ether oxygens (including phenoxy) is 3. The highest BCUT2D eigenvalue weighted by Crippen LogP contribution is 2.32. The number of aromatic nitrogens is 1. The van der Waals surface area contributed by atoms with E-state index in [1.54, 1.807) is 86.5 Å². The first kappa shape index (κ1) is 34.0. The number of hydrogen-bond donors (Lipinski definition) is 3. The van der Waals surface area contributed by atoms with Crippen molar-refractivity contribution in [1.29, 1.82) is 0 Å². The van der Waals surface area contributed by atoms with Crippen LogP contribution in [-0.4, -0.2) is 78.8 Å². The van der Waals surface area contributed by atoms with Gasteiger partial charge in [0.25, 0.3) is 5.91 Å². The lowest BCUT2D eigenvalue weighted by Crippen LogP contribution is -2.35. The van der Waals surface area contributed by atoms with Crippen LogP contribution in [0.4, 0.5) is 26.7 Å². The van der Waals surface area contributed by atoms with Crippen molar-refractivity contribution in [2.24, 2.45) is 0 Å². The average Bonchev–Trinajstić information content (AvgIpc) is 3.00. The summed E-state index contributed by atoms with van der Waals surface area (Å²) in [7, 11) is 4.09. The topological polar surface area (TPSA) is 134 Å². The lowest BCUT2D eigenvalue weighted by atomic mass is 10.2. The van der Waals surface area contributed by atoms with Gasteiger partial charge in [0.1, 0.15) is 24.5 Å². The van der Waals surface area contributed by atoms with E-state index < -0.39 is 17.6 Å². The van der Waals surface area contributed by atoms with Crippen molar-refractivity contribution >= 4 is 35.1 Å². The molecule has 1 aliphatic rings. The van der Waals surface area contributed by atoms with Crippen LogP contribution >= 0.6 is 0 Å². The van der Waals surface area contributed by atoms with E-state index >= 15 is 0 Å². The zero-order valence-corrected chi connectivity index (χ0v) is 27.2. The summed E-state index contributed by atoms with van der Waals surface area (Å²) in [5.74, 6) is 0.805. The fourth-order valence-electron chi connectivity index (χ4n) is 4.66. The summed E-state index contributed by atoms with van der Waals surface area (Å²) in [6.07, 6.45) is 3.82. The smallest absolute Gasteiger partial charge is 0.412 e. The van der Waals surface area contributed by atoms with Crippen molar-refractivity contribution in [3.05, 3.63) is 72.1 Å². The van der Waals surface area contributed by atoms with Crippen molar-refractivity contribution in [2.75, 3.05) is 56.3 Å². The van der Waals surface area contributed by atoms with E-state index in [1.807, 2.05) is 14.1 Å². The molecule has 0 radical (unpaired) electrons. The molecule has 3 aromatic rings. The van der Waals surface area contributed by atoms with Gasteiger partial charge in [-0.05, 0) is 90.1 Å². The molecule has 0 fully saturated rings. The molecule has 1 aliphatic heterocycles. The van der Waals surface area contributed by atoms with Crippen LogP contribution < -0.4 is 25.4 Å². The number of fused-ring (bicyclic) bond motifs is 1. The number of rotatable bonds is 12. The second-order valence-corrected chi connectivity index (χ2v) is 12.3. The number of carbonyl (C=O) groups excluding carboxylic acids is 3. The first-order chi connectivity index (χ1) is 22.0. The van der Waals surface area contributed by atoms with Crippen LogP contribution in [0.15, 0.2) is 60.8 Å². The number of unbranched alkanes of at least 4 members (excludes halogenated alkanes) is 2. The number of urea groups is 1. The summed E-state index contributed by atoms with van der Waals surface area (Å²) < 4.78 is 16.6. The standard InChI is InChI=1S/C34H44N6O6/c1-34(2,3)46-33(43)38-27-12-8-7-11-26(27)37-31(41)28-15-13-24(22-35-28)23-40(18-10-6-9-17-39(4)5)32(42)36-25-14-16-29-30(21-25)45-20-19-44-29/h7-8,11-16,21-22H,6,9-10,17-20,23H2,1-5H3,(H,36,42)(H,37,41)(H,38,43). The Morgan fingerprint density at radius 3 is 2.22 bits per heavy atom. The van der Waals surface area contributed by atoms with Gasteiger partial charge in [0.2, 0.25) is 0 Å². The molecule has 2 heterocycles. The van der Waals surface area contributed by atoms with E-state index in [0.717, 1.165) is 31.4 Å². The molecule has 0 spiro atoms. The molecule has 0 saturated carbocycles. The van der Waals surface area contributed by atoms with E-state index in [-0.39, 0.29) is 11.7 Å². The van der Waals surface area contributed by atoms with Gasteiger partial charge in [0.15, 0.2) is 11.5 Å². The highest BCUT2D eigenvalue weighted by atomic mass is 16.6. The van der Waals surface area contributed by atoms with E-state index in [4.69, 9.17) is 14.2 Å². The molecule has 46 heavy (non-hydrogen) atoms. The van der Waals surface area contributed by atoms with E-state index in [2.05, 4.69) is 25.8 Å². The molecule has 0 aliphatic carbocycles. The fourth-order valence-corrected chi connectivity index (χ4v) is 4.66. The Morgan fingerprint density at radius 1 is 0.848 bits per heavy atom. The molecule has 0 unspecified atom stereocenters. The summed E-state index contributed by atoms with van der Waals surface area (Å²) in [5.41, 5.74) is 1.70. The number of benzene rings is 2. The molecule has 2 aromatic carbocycles. The number of hydrogen-bond acceptors (Lipinski definition) is 8.